The van der Waals surface area contributed by atoms with Crippen LogP contribution < -0.4 is 0 Å². The summed E-state index contributed by atoms with van der Waals surface area (Å²) in [5.74, 6) is -2.37. The molecule has 0 aromatic rings. The Labute approximate surface area is 67.5 Å². The van der Waals surface area contributed by atoms with Gasteiger partial charge in [0.1, 0.15) is 0 Å². The maximum Gasteiger partial charge on any atom is 0.442 e. The molecule has 1 heterocycles. The Morgan fingerprint density at radius 1 is 1.08 bits per heavy atom. The highest BCUT2D eigenvalue weighted by molar-refractivity contribution is 4.76. The molecular weight excluding hydrogens is 180 g/mol. The van der Waals surface area contributed by atoms with E-state index in [-0.39, 0.29) is 13.2 Å². The van der Waals surface area contributed by atoms with E-state index in [1.54, 1.807) is 0 Å². The number of alkyl halides is 4. The molecule has 1 fully saturated rings. The Hall–Kier alpha value is -0.360. The summed E-state index contributed by atoms with van der Waals surface area (Å²) in [6, 6.07) is 0. The minimum atomic E-state index is -4.43. The Balaban J connectivity index is 0.000000561. The van der Waals surface area contributed by atoms with E-state index in [2.05, 4.69) is 9.47 Å². The minimum absolute atomic E-state index is 0.00993. The van der Waals surface area contributed by atoms with Crippen LogP contribution in [0.5, 0.6) is 0 Å². The van der Waals surface area contributed by atoms with E-state index in [4.69, 9.17) is 0 Å². The van der Waals surface area contributed by atoms with Gasteiger partial charge in [-0.15, -0.1) is 0 Å². The Kier molecular flexibility index (Phi) is 3.92. The number of ether oxygens (including phenoxy) is 2. The molecule has 0 N–H and O–H groups in total. The van der Waals surface area contributed by atoms with Gasteiger partial charge in [-0.2, -0.15) is 13.2 Å². The van der Waals surface area contributed by atoms with Crippen LogP contribution in [0.4, 0.5) is 17.6 Å². The molecule has 0 atom stereocenters. The third-order valence-corrected chi connectivity index (χ3v) is 1.35. The maximum atomic E-state index is 11.9. The summed E-state index contributed by atoms with van der Waals surface area (Å²) in [5, 5.41) is 0. The van der Waals surface area contributed by atoms with E-state index in [1.165, 1.54) is 0 Å². The summed E-state index contributed by atoms with van der Waals surface area (Å²) in [4.78, 5) is 0. The molecule has 1 saturated heterocycles. The van der Waals surface area contributed by atoms with E-state index in [0.717, 1.165) is 6.92 Å². The fraction of sp³-hybridized carbons (Fsp3) is 1.00. The van der Waals surface area contributed by atoms with E-state index < -0.39 is 12.0 Å². The molecule has 0 saturated carbocycles. The lowest BCUT2D eigenvalue weighted by Gasteiger charge is -2.24. The zero-order valence-electron chi connectivity index (χ0n) is 6.74. The molecule has 0 radical (unpaired) electrons. The molecule has 0 bridgehead atoms. The van der Waals surface area contributed by atoms with Crippen LogP contribution in [0, 0.1) is 0 Å². The lowest BCUT2D eigenvalue weighted by atomic mass is 10.3. The molecule has 0 aromatic heterocycles. The molecule has 0 aliphatic carbocycles. The second-order valence-electron chi connectivity index (χ2n) is 2.14. The maximum absolute atomic E-state index is 11.9. The molecule has 1 rings (SSSR count). The first-order valence-electron chi connectivity index (χ1n) is 3.18. The molecular formula is C6H10F4O2. The van der Waals surface area contributed by atoms with E-state index >= 15 is 0 Å². The van der Waals surface area contributed by atoms with Crippen LogP contribution in [0.15, 0.2) is 0 Å². The number of halogens is 4. The number of rotatable bonds is 0. The minimum Gasteiger partial charge on any atom is -0.340 e. The van der Waals surface area contributed by atoms with Gasteiger partial charge in [-0.05, 0) is 6.92 Å². The second-order valence-corrected chi connectivity index (χ2v) is 2.14. The van der Waals surface area contributed by atoms with Crippen molar-refractivity contribution >= 4 is 0 Å². The summed E-state index contributed by atoms with van der Waals surface area (Å²) in [6.45, 7) is 0.895. The van der Waals surface area contributed by atoms with Gasteiger partial charge in [0.25, 0.3) is 5.79 Å². The molecule has 0 amide bonds. The van der Waals surface area contributed by atoms with Crippen LogP contribution >= 0.6 is 0 Å². The molecule has 74 valence electrons. The van der Waals surface area contributed by atoms with Gasteiger partial charge in [-0.1, -0.05) is 0 Å². The van der Waals surface area contributed by atoms with Crippen LogP contribution in [0.2, 0.25) is 0 Å². The fourth-order valence-corrected chi connectivity index (χ4v) is 0.678. The first kappa shape index (κ1) is 11.6. The van der Waals surface area contributed by atoms with Crippen LogP contribution in [0.1, 0.15) is 6.92 Å². The quantitative estimate of drug-likeness (QED) is 0.543. The van der Waals surface area contributed by atoms with Gasteiger partial charge in [0.15, 0.2) is 0 Å². The summed E-state index contributed by atoms with van der Waals surface area (Å²) >= 11 is 0. The molecule has 0 aromatic carbocycles. The predicted octanol–water partition coefficient (Wildman–Crippen LogP) is 1.90. The Bertz CT molecular complexity index is 128. The first-order valence-corrected chi connectivity index (χ1v) is 3.18. The van der Waals surface area contributed by atoms with Crippen molar-refractivity contribution in [3.8, 4) is 0 Å². The fourth-order valence-electron chi connectivity index (χ4n) is 0.678. The lowest BCUT2D eigenvalue weighted by molar-refractivity contribution is -0.334. The van der Waals surface area contributed by atoms with Crippen molar-refractivity contribution in [1.29, 1.82) is 0 Å². The highest BCUT2D eigenvalue weighted by Gasteiger charge is 2.56. The normalized spacial score (nSPS) is 21.5. The highest BCUT2D eigenvalue weighted by atomic mass is 19.4. The van der Waals surface area contributed by atoms with Crippen LogP contribution in [-0.2, 0) is 9.47 Å². The average Bonchev–Trinajstić information content (AvgIpc) is 2.40. The van der Waals surface area contributed by atoms with Crippen molar-refractivity contribution in [3.05, 3.63) is 0 Å². The molecule has 0 spiro atoms. The zero-order chi connectivity index (χ0) is 9.83. The summed E-state index contributed by atoms with van der Waals surface area (Å²) in [5.41, 5.74) is 0. The summed E-state index contributed by atoms with van der Waals surface area (Å²) < 4.78 is 53.9. The van der Waals surface area contributed by atoms with Gasteiger partial charge >= 0.3 is 6.18 Å². The van der Waals surface area contributed by atoms with Gasteiger partial charge < -0.3 is 9.47 Å². The average molecular weight is 190 g/mol. The smallest absolute Gasteiger partial charge is 0.340 e. The molecule has 12 heavy (non-hydrogen) atoms. The van der Waals surface area contributed by atoms with Crippen molar-refractivity contribution in [3.63, 3.8) is 0 Å². The monoisotopic (exact) mass is 190 g/mol. The van der Waals surface area contributed by atoms with Gasteiger partial charge in [0, 0.05) is 0 Å². The van der Waals surface area contributed by atoms with E-state index in [1.807, 2.05) is 0 Å². The first-order chi connectivity index (χ1) is 5.46. The predicted molar refractivity (Wildman–Crippen MR) is 33.4 cm³/mol. The number of hydrogen-bond acceptors (Lipinski definition) is 2. The van der Waals surface area contributed by atoms with Crippen molar-refractivity contribution < 1.29 is 27.0 Å². The summed E-state index contributed by atoms with van der Waals surface area (Å²) in [6.07, 6.45) is -4.43. The SMILES string of the molecule is CC1(C(F)(F)F)OCCO1.CF. The molecule has 1 aliphatic rings. The van der Waals surface area contributed by atoms with Crippen molar-refractivity contribution in [1.82, 2.24) is 0 Å². The standard InChI is InChI=1S/C5H7F3O2.CH3F/c1-4(5(6,7)8)9-2-3-10-4;1-2/h2-3H2,1H3;1H3. The Morgan fingerprint density at radius 3 is 1.58 bits per heavy atom. The van der Waals surface area contributed by atoms with Crippen molar-refractivity contribution in [2.45, 2.75) is 18.9 Å². The van der Waals surface area contributed by atoms with Gasteiger partial charge in [-0.3, -0.25) is 4.39 Å². The lowest BCUT2D eigenvalue weighted by Crippen LogP contribution is -2.43. The third-order valence-electron chi connectivity index (χ3n) is 1.35. The third kappa shape index (κ3) is 2.31. The second kappa shape index (κ2) is 4.04. The highest BCUT2D eigenvalue weighted by Crippen LogP contribution is 2.36. The summed E-state index contributed by atoms with van der Waals surface area (Å²) in [7, 11) is 0.500. The number of hydrogen-bond donors (Lipinski definition) is 0. The van der Waals surface area contributed by atoms with Gasteiger partial charge in [0.2, 0.25) is 0 Å². The van der Waals surface area contributed by atoms with Crippen LogP contribution in [0.25, 0.3) is 0 Å². The van der Waals surface area contributed by atoms with Gasteiger partial charge in [0.05, 0.1) is 20.4 Å². The van der Waals surface area contributed by atoms with Crippen LogP contribution in [0.3, 0.4) is 0 Å². The van der Waals surface area contributed by atoms with Gasteiger partial charge in [-0.25, -0.2) is 0 Å². The molecule has 2 nitrogen and oxygen atoms in total. The molecule has 0 unspecified atom stereocenters. The largest absolute Gasteiger partial charge is 0.442 e. The Morgan fingerprint density at radius 2 is 1.42 bits per heavy atom. The van der Waals surface area contributed by atoms with Crippen molar-refractivity contribution in [2.24, 2.45) is 0 Å². The van der Waals surface area contributed by atoms with E-state index in [9.17, 15) is 17.6 Å². The van der Waals surface area contributed by atoms with Crippen molar-refractivity contribution in [2.75, 3.05) is 20.4 Å². The van der Waals surface area contributed by atoms with Crippen LogP contribution in [-0.4, -0.2) is 32.4 Å². The topological polar surface area (TPSA) is 18.5 Å². The molecule has 6 heteroatoms. The van der Waals surface area contributed by atoms with E-state index in [0.29, 0.717) is 7.18 Å². The zero-order valence-corrected chi connectivity index (χ0v) is 6.74. The molecule has 1 aliphatic heterocycles.